The lowest BCUT2D eigenvalue weighted by molar-refractivity contribution is -0.140. The fourth-order valence-corrected chi connectivity index (χ4v) is 2.81. The molecule has 2 rings (SSSR count). The van der Waals surface area contributed by atoms with Gasteiger partial charge in [0.25, 0.3) is 0 Å². The van der Waals surface area contributed by atoms with Crippen LogP contribution in [0.5, 0.6) is 5.75 Å². The third kappa shape index (κ3) is 2.60. The second-order valence-corrected chi connectivity index (χ2v) is 4.77. The normalized spacial score (nSPS) is 18.8. The Bertz CT molecular complexity index is 394. The maximum absolute atomic E-state index is 11.4. The van der Waals surface area contributed by atoms with Gasteiger partial charge in [-0.25, -0.2) is 0 Å². The predicted octanol–water partition coefficient (Wildman–Crippen LogP) is 3.14. The summed E-state index contributed by atoms with van der Waals surface area (Å²) in [5.74, 6) is -1.12. The van der Waals surface area contributed by atoms with E-state index in [1.807, 2.05) is 0 Å². The van der Waals surface area contributed by atoms with E-state index in [1.165, 1.54) is 6.42 Å². The molecular weight excluding hydrogens is 216 g/mol. The Balaban J connectivity index is 2.28. The monoisotopic (exact) mass is 234 g/mol. The third-order valence-electron chi connectivity index (χ3n) is 3.66. The number of hydrogen-bond acceptors (Lipinski definition) is 2. The molecule has 92 valence electrons. The molecule has 3 nitrogen and oxygen atoms in total. The molecule has 0 heterocycles. The van der Waals surface area contributed by atoms with Crippen LogP contribution in [-0.2, 0) is 4.79 Å². The van der Waals surface area contributed by atoms with Crippen LogP contribution < -0.4 is 0 Å². The van der Waals surface area contributed by atoms with Crippen molar-refractivity contribution in [1.82, 2.24) is 0 Å². The summed E-state index contributed by atoms with van der Waals surface area (Å²) in [4.78, 5) is 11.4. The van der Waals surface area contributed by atoms with Gasteiger partial charge in [0.2, 0.25) is 0 Å². The molecule has 1 aliphatic rings. The van der Waals surface area contributed by atoms with Gasteiger partial charge in [-0.1, -0.05) is 37.5 Å². The minimum absolute atomic E-state index is 0.102. The number of hydrogen-bond donors (Lipinski definition) is 2. The minimum atomic E-state index is -0.821. The van der Waals surface area contributed by atoms with Crippen molar-refractivity contribution in [2.75, 3.05) is 0 Å². The van der Waals surface area contributed by atoms with Crippen LogP contribution in [0.3, 0.4) is 0 Å². The lowest BCUT2D eigenvalue weighted by atomic mass is 9.76. The molecule has 0 bridgehead atoms. The molecule has 1 saturated carbocycles. The minimum Gasteiger partial charge on any atom is -0.508 e. The number of aromatic hydroxyl groups is 1. The Hall–Kier alpha value is -1.51. The first-order chi connectivity index (χ1) is 8.20. The molecule has 0 saturated heterocycles. The van der Waals surface area contributed by atoms with Gasteiger partial charge < -0.3 is 10.2 Å². The quantitative estimate of drug-likeness (QED) is 0.844. The van der Waals surface area contributed by atoms with Crippen molar-refractivity contribution < 1.29 is 15.0 Å². The van der Waals surface area contributed by atoms with E-state index in [0.29, 0.717) is 5.56 Å². The highest BCUT2D eigenvalue weighted by molar-refractivity contribution is 5.77. The fraction of sp³-hybridized carbons (Fsp3) is 0.500. The van der Waals surface area contributed by atoms with Crippen molar-refractivity contribution in [3.63, 3.8) is 0 Å². The maximum Gasteiger partial charge on any atom is 0.311 e. The van der Waals surface area contributed by atoms with Gasteiger partial charge in [-0.05, 0) is 24.8 Å². The maximum atomic E-state index is 11.4. The molecule has 17 heavy (non-hydrogen) atoms. The smallest absolute Gasteiger partial charge is 0.311 e. The van der Waals surface area contributed by atoms with E-state index in [1.54, 1.807) is 24.3 Å². The first-order valence-corrected chi connectivity index (χ1v) is 6.21. The number of benzene rings is 1. The number of para-hydroxylation sites is 1. The Labute approximate surface area is 101 Å². The zero-order valence-corrected chi connectivity index (χ0v) is 9.80. The zero-order chi connectivity index (χ0) is 12.3. The first-order valence-electron chi connectivity index (χ1n) is 6.21. The van der Waals surface area contributed by atoms with E-state index in [0.717, 1.165) is 25.7 Å². The van der Waals surface area contributed by atoms with Gasteiger partial charge in [-0.2, -0.15) is 0 Å². The molecule has 0 aromatic heterocycles. The van der Waals surface area contributed by atoms with Crippen LogP contribution in [0.1, 0.15) is 43.6 Å². The summed E-state index contributed by atoms with van der Waals surface area (Å²) in [7, 11) is 0. The van der Waals surface area contributed by atoms with Crippen LogP contribution in [0.2, 0.25) is 0 Å². The molecule has 1 aromatic carbocycles. The fourth-order valence-electron chi connectivity index (χ4n) is 2.81. The summed E-state index contributed by atoms with van der Waals surface area (Å²) in [5.41, 5.74) is 0.562. The lowest BCUT2D eigenvalue weighted by Crippen LogP contribution is -2.23. The number of phenolic OH excluding ortho intramolecular Hbond substituents is 1. The summed E-state index contributed by atoms with van der Waals surface area (Å²) in [6, 6.07) is 6.79. The average molecular weight is 234 g/mol. The standard InChI is InChI=1S/C14H18O3/c15-12-9-5-4-8-11(12)13(14(16)17)10-6-2-1-3-7-10/h4-5,8-10,13,15H,1-3,6-7H2,(H,16,17)/t13-/m1/s1. The van der Waals surface area contributed by atoms with Crippen molar-refractivity contribution in [3.8, 4) is 5.75 Å². The lowest BCUT2D eigenvalue weighted by Gasteiger charge is -2.28. The summed E-state index contributed by atoms with van der Waals surface area (Å²) in [6.07, 6.45) is 5.30. The van der Waals surface area contributed by atoms with Crippen molar-refractivity contribution >= 4 is 5.97 Å². The van der Waals surface area contributed by atoms with Crippen LogP contribution in [0.25, 0.3) is 0 Å². The van der Waals surface area contributed by atoms with E-state index in [2.05, 4.69) is 0 Å². The highest BCUT2D eigenvalue weighted by Gasteiger charge is 2.32. The van der Waals surface area contributed by atoms with Gasteiger partial charge in [-0.3, -0.25) is 4.79 Å². The molecule has 2 N–H and O–H groups in total. The molecule has 0 unspecified atom stereocenters. The van der Waals surface area contributed by atoms with Crippen LogP contribution >= 0.6 is 0 Å². The predicted molar refractivity (Wildman–Crippen MR) is 65.1 cm³/mol. The Kier molecular flexibility index (Phi) is 3.67. The molecule has 0 aliphatic heterocycles. The molecule has 1 aromatic rings. The van der Waals surface area contributed by atoms with Crippen LogP contribution in [0.4, 0.5) is 0 Å². The molecule has 3 heteroatoms. The van der Waals surface area contributed by atoms with Crippen LogP contribution in [0.15, 0.2) is 24.3 Å². The average Bonchev–Trinajstić information content (AvgIpc) is 2.33. The van der Waals surface area contributed by atoms with Gasteiger partial charge >= 0.3 is 5.97 Å². The molecule has 0 amide bonds. The van der Waals surface area contributed by atoms with Crippen LogP contribution in [-0.4, -0.2) is 16.2 Å². The number of phenols is 1. The topological polar surface area (TPSA) is 57.5 Å². The van der Waals surface area contributed by atoms with Gasteiger partial charge in [0.15, 0.2) is 0 Å². The highest BCUT2D eigenvalue weighted by atomic mass is 16.4. The molecule has 0 radical (unpaired) electrons. The summed E-state index contributed by atoms with van der Waals surface area (Å²) >= 11 is 0. The number of aliphatic carboxylic acids is 1. The molecule has 1 atom stereocenters. The van der Waals surface area contributed by atoms with Crippen molar-refractivity contribution in [2.24, 2.45) is 5.92 Å². The summed E-state index contributed by atoms with van der Waals surface area (Å²) < 4.78 is 0. The number of carboxylic acids is 1. The van der Waals surface area contributed by atoms with E-state index in [4.69, 9.17) is 0 Å². The summed E-state index contributed by atoms with van der Waals surface area (Å²) in [6.45, 7) is 0. The van der Waals surface area contributed by atoms with Gasteiger partial charge in [0.1, 0.15) is 5.75 Å². The van der Waals surface area contributed by atoms with Gasteiger partial charge in [0, 0.05) is 5.56 Å². The van der Waals surface area contributed by atoms with Crippen LogP contribution in [0, 0.1) is 5.92 Å². The second-order valence-electron chi connectivity index (χ2n) is 4.77. The summed E-state index contributed by atoms with van der Waals surface area (Å²) in [5, 5.41) is 19.2. The molecule has 1 fully saturated rings. The van der Waals surface area contributed by atoms with Gasteiger partial charge in [0.05, 0.1) is 5.92 Å². The Morgan fingerprint density at radius 1 is 1.18 bits per heavy atom. The zero-order valence-electron chi connectivity index (χ0n) is 9.80. The SMILES string of the molecule is O=C(O)[C@@H](c1ccccc1O)C1CCCCC1. The molecule has 0 spiro atoms. The number of carbonyl (C=O) groups is 1. The Morgan fingerprint density at radius 2 is 1.82 bits per heavy atom. The third-order valence-corrected chi connectivity index (χ3v) is 3.66. The van der Waals surface area contributed by atoms with E-state index in [-0.39, 0.29) is 11.7 Å². The van der Waals surface area contributed by atoms with Crippen molar-refractivity contribution in [3.05, 3.63) is 29.8 Å². The molecule has 1 aliphatic carbocycles. The van der Waals surface area contributed by atoms with Crippen molar-refractivity contribution in [2.45, 2.75) is 38.0 Å². The van der Waals surface area contributed by atoms with Crippen molar-refractivity contribution in [1.29, 1.82) is 0 Å². The number of rotatable bonds is 3. The largest absolute Gasteiger partial charge is 0.508 e. The van der Waals surface area contributed by atoms with E-state index in [9.17, 15) is 15.0 Å². The molecular formula is C14H18O3. The second kappa shape index (κ2) is 5.21. The Morgan fingerprint density at radius 3 is 2.41 bits per heavy atom. The highest BCUT2D eigenvalue weighted by Crippen LogP contribution is 2.39. The van der Waals surface area contributed by atoms with E-state index >= 15 is 0 Å². The van der Waals surface area contributed by atoms with Gasteiger partial charge in [-0.15, -0.1) is 0 Å². The van der Waals surface area contributed by atoms with E-state index < -0.39 is 11.9 Å². The first kappa shape index (κ1) is 12.0. The number of carboxylic acid groups (broad SMARTS) is 1.